The highest BCUT2D eigenvalue weighted by atomic mass is 32.2. The largest absolute Gasteiger partial charge is 0.449 e. The van der Waals surface area contributed by atoms with Gasteiger partial charge in [0.15, 0.2) is 6.10 Å². The first kappa shape index (κ1) is 15.3. The maximum absolute atomic E-state index is 12.4. The molecule has 0 aliphatic heterocycles. The summed E-state index contributed by atoms with van der Waals surface area (Å²) in [6.45, 7) is 3.29. The Balaban J connectivity index is 2.18. The van der Waals surface area contributed by atoms with Crippen LogP contribution < -0.4 is 0 Å². The van der Waals surface area contributed by atoms with Gasteiger partial charge in [-0.1, -0.05) is 48.0 Å². The zero-order valence-corrected chi connectivity index (χ0v) is 12.7. The summed E-state index contributed by atoms with van der Waals surface area (Å²) in [5.41, 5.74) is 1.81. The predicted octanol–water partition coefficient (Wildman–Crippen LogP) is 3.92. The average molecular weight is 300 g/mol. The molecule has 0 amide bonds. The molecular weight excluding hydrogens is 284 g/mol. The summed E-state index contributed by atoms with van der Waals surface area (Å²) in [6, 6.07) is 16.7. The van der Waals surface area contributed by atoms with E-state index in [1.807, 2.05) is 49.4 Å². The molecule has 0 saturated heterocycles. The van der Waals surface area contributed by atoms with Crippen molar-refractivity contribution in [1.82, 2.24) is 0 Å². The first-order chi connectivity index (χ1) is 10.1. The van der Waals surface area contributed by atoms with E-state index in [0.29, 0.717) is 5.56 Å². The van der Waals surface area contributed by atoms with Gasteiger partial charge in [0.1, 0.15) is 0 Å². The minimum Gasteiger partial charge on any atom is -0.449 e. The summed E-state index contributed by atoms with van der Waals surface area (Å²) in [4.78, 5) is 24.5. The lowest BCUT2D eigenvalue weighted by molar-refractivity contribution is -0.150. The molecule has 0 saturated carbocycles. The topological polar surface area (TPSA) is 43.4 Å². The molecule has 108 valence electrons. The van der Waals surface area contributed by atoms with Crippen LogP contribution in [0.4, 0.5) is 0 Å². The number of aryl methyl sites for hydroxylation is 1. The fourth-order valence-corrected chi connectivity index (χ4v) is 2.62. The third-order valence-corrected chi connectivity index (χ3v) is 3.76. The second-order valence-electron chi connectivity index (χ2n) is 4.63. The van der Waals surface area contributed by atoms with Gasteiger partial charge in [-0.15, -0.1) is 0 Å². The number of hydrogen-bond donors (Lipinski definition) is 0. The van der Waals surface area contributed by atoms with Gasteiger partial charge in [-0.05, 0) is 30.8 Å². The normalized spacial score (nSPS) is 11.7. The van der Waals surface area contributed by atoms with Crippen LogP contribution in [0, 0.1) is 6.92 Å². The van der Waals surface area contributed by atoms with Gasteiger partial charge < -0.3 is 4.74 Å². The zero-order chi connectivity index (χ0) is 15.2. The maximum atomic E-state index is 12.4. The van der Waals surface area contributed by atoms with Gasteiger partial charge in [0.2, 0.25) is 5.12 Å². The monoisotopic (exact) mass is 300 g/mol. The minimum atomic E-state index is -0.880. The van der Waals surface area contributed by atoms with E-state index in [1.165, 1.54) is 6.92 Å². The lowest BCUT2D eigenvalue weighted by atomic mass is 10.1. The Kier molecular flexibility index (Phi) is 5.17. The molecule has 2 rings (SSSR count). The standard InChI is InChI=1S/C17H16O3S/c1-12-8-10-15(11-9-12)21-17(19)16(20-13(2)18)14-6-4-3-5-7-14/h3-11,16H,1-2H3. The highest BCUT2D eigenvalue weighted by Gasteiger charge is 2.24. The van der Waals surface area contributed by atoms with Crippen LogP contribution >= 0.6 is 11.8 Å². The summed E-state index contributed by atoms with van der Waals surface area (Å²) in [5.74, 6) is -0.471. The molecule has 4 heteroatoms. The fraction of sp³-hybridized carbons (Fsp3) is 0.176. The quantitative estimate of drug-likeness (QED) is 0.634. The zero-order valence-electron chi connectivity index (χ0n) is 11.9. The van der Waals surface area contributed by atoms with Crippen molar-refractivity contribution in [1.29, 1.82) is 0 Å². The molecule has 0 spiro atoms. The summed E-state index contributed by atoms with van der Waals surface area (Å²) >= 11 is 1.08. The van der Waals surface area contributed by atoms with Crippen LogP contribution in [0.25, 0.3) is 0 Å². The molecule has 21 heavy (non-hydrogen) atoms. The van der Waals surface area contributed by atoms with E-state index in [1.54, 1.807) is 12.1 Å². The van der Waals surface area contributed by atoms with E-state index in [-0.39, 0.29) is 5.12 Å². The van der Waals surface area contributed by atoms with Crippen molar-refractivity contribution in [2.24, 2.45) is 0 Å². The van der Waals surface area contributed by atoms with Crippen LogP contribution in [-0.4, -0.2) is 11.1 Å². The molecule has 0 aliphatic carbocycles. The maximum Gasteiger partial charge on any atom is 0.303 e. The molecule has 0 fully saturated rings. The van der Waals surface area contributed by atoms with Crippen molar-refractivity contribution < 1.29 is 14.3 Å². The molecule has 0 bridgehead atoms. The van der Waals surface area contributed by atoms with Gasteiger partial charge in [-0.3, -0.25) is 9.59 Å². The molecule has 2 aromatic rings. The van der Waals surface area contributed by atoms with Crippen molar-refractivity contribution >= 4 is 22.8 Å². The molecule has 0 N–H and O–H groups in total. The van der Waals surface area contributed by atoms with Crippen molar-refractivity contribution in [3.8, 4) is 0 Å². The predicted molar refractivity (Wildman–Crippen MR) is 83.0 cm³/mol. The van der Waals surface area contributed by atoms with Crippen molar-refractivity contribution in [3.05, 3.63) is 65.7 Å². The van der Waals surface area contributed by atoms with E-state index in [2.05, 4.69) is 0 Å². The summed E-state index contributed by atoms with van der Waals surface area (Å²) in [5, 5.41) is -0.208. The van der Waals surface area contributed by atoms with Gasteiger partial charge in [0.25, 0.3) is 0 Å². The summed E-state index contributed by atoms with van der Waals surface area (Å²) < 4.78 is 5.18. The molecule has 2 aromatic carbocycles. The van der Waals surface area contributed by atoms with Crippen molar-refractivity contribution in [3.63, 3.8) is 0 Å². The highest BCUT2D eigenvalue weighted by molar-refractivity contribution is 8.13. The Hall–Kier alpha value is -2.07. The van der Waals surface area contributed by atoms with Gasteiger partial charge in [-0.2, -0.15) is 0 Å². The number of rotatable bonds is 4. The molecule has 0 heterocycles. The Morgan fingerprint density at radius 1 is 1.00 bits per heavy atom. The van der Waals surface area contributed by atoms with Gasteiger partial charge in [0, 0.05) is 17.4 Å². The number of esters is 1. The van der Waals surface area contributed by atoms with Crippen LogP contribution in [0.1, 0.15) is 24.2 Å². The van der Waals surface area contributed by atoms with E-state index in [0.717, 1.165) is 22.2 Å². The van der Waals surface area contributed by atoms with Crippen LogP contribution in [0.15, 0.2) is 59.5 Å². The number of thioether (sulfide) groups is 1. The smallest absolute Gasteiger partial charge is 0.303 e. The van der Waals surface area contributed by atoms with Crippen molar-refractivity contribution in [2.75, 3.05) is 0 Å². The van der Waals surface area contributed by atoms with E-state index in [9.17, 15) is 9.59 Å². The molecule has 3 nitrogen and oxygen atoms in total. The molecule has 0 radical (unpaired) electrons. The molecule has 1 unspecified atom stereocenters. The number of carbonyl (C=O) groups excluding carboxylic acids is 2. The lowest BCUT2D eigenvalue weighted by Crippen LogP contribution is -2.16. The first-order valence-corrected chi connectivity index (χ1v) is 7.38. The fourth-order valence-electron chi connectivity index (χ4n) is 1.82. The molecule has 0 aromatic heterocycles. The number of ether oxygens (including phenoxy) is 1. The van der Waals surface area contributed by atoms with E-state index >= 15 is 0 Å². The van der Waals surface area contributed by atoms with Crippen LogP contribution in [0.3, 0.4) is 0 Å². The number of benzene rings is 2. The Labute approximate surface area is 128 Å². The Bertz CT molecular complexity index is 620. The Morgan fingerprint density at radius 2 is 1.62 bits per heavy atom. The molecule has 1 atom stereocenters. The average Bonchev–Trinajstić information content (AvgIpc) is 2.48. The third kappa shape index (κ3) is 4.46. The van der Waals surface area contributed by atoms with Gasteiger partial charge >= 0.3 is 5.97 Å². The van der Waals surface area contributed by atoms with E-state index < -0.39 is 12.1 Å². The Morgan fingerprint density at radius 3 is 2.19 bits per heavy atom. The van der Waals surface area contributed by atoms with Gasteiger partial charge in [-0.25, -0.2) is 0 Å². The second-order valence-corrected chi connectivity index (χ2v) is 5.71. The first-order valence-electron chi connectivity index (χ1n) is 6.57. The second kappa shape index (κ2) is 7.09. The van der Waals surface area contributed by atoms with E-state index in [4.69, 9.17) is 4.74 Å². The minimum absolute atomic E-state index is 0.208. The lowest BCUT2D eigenvalue weighted by Gasteiger charge is -2.15. The third-order valence-electron chi connectivity index (χ3n) is 2.84. The molecule has 0 aliphatic rings. The summed E-state index contributed by atoms with van der Waals surface area (Å²) in [6.07, 6.45) is -0.880. The highest BCUT2D eigenvalue weighted by Crippen LogP contribution is 2.29. The van der Waals surface area contributed by atoms with Crippen LogP contribution in [0.5, 0.6) is 0 Å². The number of carbonyl (C=O) groups is 2. The van der Waals surface area contributed by atoms with Gasteiger partial charge in [0.05, 0.1) is 0 Å². The van der Waals surface area contributed by atoms with Crippen LogP contribution in [0.2, 0.25) is 0 Å². The SMILES string of the molecule is CC(=O)OC(C(=O)Sc1ccc(C)cc1)c1ccccc1. The van der Waals surface area contributed by atoms with Crippen molar-refractivity contribution in [2.45, 2.75) is 24.8 Å². The number of hydrogen-bond acceptors (Lipinski definition) is 4. The van der Waals surface area contributed by atoms with Crippen LogP contribution in [-0.2, 0) is 14.3 Å². The summed E-state index contributed by atoms with van der Waals surface area (Å²) in [7, 11) is 0. The molecular formula is C17H16O3S.